The van der Waals surface area contributed by atoms with E-state index in [9.17, 15) is 0 Å². The number of nitrogens with zero attached hydrogens (tertiary/aromatic N) is 3. The number of nitriles is 1. The summed E-state index contributed by atoms with van der Waals surface area (Å²) in [5.74, 6) is 1.33. The molecule has 1 aromatic heterocycles. The molecule has 0 saturated carbocycles. The SMILES string of the molecule is Cc1cc(Cl)ccc1Nc1cc(Nc2ccc(C#N)cc2)ncn1. The minimum absolute atomic E-state index is 0.615. The summed E-state index contributed by atoms with van der Waals surface area (Å²) in [7, 11) is 0. The zero-order valence-electron chi connectivity index (χ0n) is 12.9. The van der Waals surface area contributed by atoms with Crippen molar-refractivity contribution in [2.45, 2.75) is 6.92 Å². The highest BCUT2D eigenvalue weighted by molar-refractivity contribution is 6.30. The third kappa shape index (κ3) is 3.80. The maximum Gasteiger partial charge on any atom is 0.135 e. The second kappa shape index (κ2) is 6.99. The molecule has 3 rings (SSSR count). The standard InChI is InChI=1S/C18H14ClN5/c1-12-8-14(19)4-7-16(12)24-18-9-17(21-11-22-18)23-15-5-2-13(10-20)3-6-15/h2-9,11H,1H3,(H2,21,22,23,24). The van der Waals surface area contributed by atoms with Crippen molar-refractivity contribution >= 4 is 34.6 Å². The van der Waals surface area contributed by atoms with Crippen LogP contribution in [0, 0.1) is 18.3 Å². The summed E-state index contributed by atoms with van der Waals surface area (Å²) in [6.45, 7) is 1.98. The molecule has 0 aliphatic carbocycles. The third-order valence-corrected chi connectivity index (χ3v) is 3.64. The Morgan fingerprint density at radius 3 is 2.33 bits per heavy atom. The predicted octanol–water partition coefficient (Wildman–Crippen LogP) is 4.80. The number of rotatable bonds is 4. The van der Waals surface area contributed by atoms with Crippen molar-refractivity contribution in [1.29, 1.82) is 5.26 Å². The van der Waals surface area contributed by atoms with Gasteiger partial charge in [0.05, 0.1) is 11.6 Å². The third-order valence-electron chi connectivity index (χ3n) is 3.40. The van der Waals surface area contributed by atoms with Crippen molar-refractivity contribution in [2.24, 2.45) is 0 Å². The van der Waals surface area contributed by atoms with Crippen molar-refractivity contribution in [1.82, 2.24) is 9.97 Å². The summed E-state index contributed by atoms with van der Waals surface area (Å²) in [5, 5.41) is 16.0. The number of hydrogen-bond acceptors (Lipinski definition) is 5. The van der Waals surface area contributed by atoms with Crippen LogP contribution in [0.15, 0.2) is 54.9 Å². The molecule has 0 fully saturated rings. The van der Waals surface area contributed by atoms with Crippen LogP contribution in [-0.4, -0.2) is 9.97 Å². The van der Waals surface area contributed by atoms with E-state index in [4.69, 9.17) is 16.9 Å². The monoisotopic (exact) mass is 335 g/mol. The Labute approximate surface area is 145 Å². The van der Waals surface area contributed by atoms with E-state index in [0.717, 1.165) is 16.9 Å². The minimum Gasteiger partial charge on any atom is -0.340 e. The first-order valence-corrected chi connectivity index (χ1v) is 7.64. The Morgan fingerprint density at radius 1 is 0.958 bits per heavy atom. The summed E-state index contributed by atoms with van der Waals surface area (Å²) in [6, 6.07) is 16.7. The molecule has 0 amide bonds. The first kappa shape index (κ1) is 15.8. The van der Waals surface area contributed by atoms with Gasteiger partial charge in [0.15, 0.2) is 0 Å². The van der Waals surface area contributed by atoms with Gasteiger partial charge in [-0.3, -0.25) is 0 Å². The average Bonchev–Trinajstić information content (AvgIpc) is 2.58. The van der Waals surface area contributed by atoms with E-state index in [2.05, 4.69) is 26.7 Å². The largest absolute Gasteiger partial charge is 0.340 e. The molecule has 0 saturated heterocycles. The van der Waals surface area contributed by atoms with Crippen LogP contribution in [0.3, 0.4) is 0 Å². The number of nitrogens with one attached hydrogen (secondary N) is 2. The predicted molar refractivity (Wildman–Crippen MR) is 95.9 cm³/mol. The molecule has 3 aromatic rings. The lowest BCUT2D eigenvalue weighted by atomic mass is 10.2. The second-order valence-electron chi connectivity index (χ2n) is 5.19. The van der Waals surface area contributed by atoms with Crippen molar-refractivity contribution in [2.75, 3.05) is 10.6 Å². The van der Waals surface area contributed by atoms with Crippen LogP contribution in [0.1, 0.15) is 11.1 Å². The Morgan fingerprint density at radius 2 is 1.67 bits per heavy atom. The van der Waals surface area contributed by atoms with E-state index < -0.39 is 0 Å². The minimum atomic E-state index is 0.615. The van der Waals surface area contributed by atoms with Crippen molar-refractivity contribution < 1.29 is 0 Å². The van der Waals surface area contributed by atoms with Gasteiger partial charge in [-0.15, -0.1) is 0 Å². The van der Waals surface area contributed by atoms with Gasteiger partial charge in [0, 0.05) is 22.5 Å². The Kier molecular flexibility index (Phi) is 4.59. The van der Waals surface area contributed by atoms with E-state index in [0.29, 0.717) is 22.2 Å². The van der Waals surface area contributed by atoms with E-state index in [-0.39, 0.29) is 0 Å². The molecule has 118 valence electrons. The molecule has 0 bridgehead atoms. The summed E-state index contributed by atoms with van der Waals surface area (Å²) in [6.07, 6.45) is 1.49. The first-order valence-electron chi connectivity index (χ1n) is 7.26. The number of halogens is 1. The fourth-order valence-corrected chi connectivity index (χ4v) is 2.40. The van der Waals surface area contributed by atoms with Crippen LogP contribution in [0.4, 0.5) is 23.0 Å². The van der Waals surface area contributed by atoms with E-state index in [1.807, 2.05) is 43.3 Å². The number of aryl methyl sites for hydroxylation is 1. The van der Waals surface area contributed by atoms with Gasteiger partial charge in [-0.2, -0.15) is 5.26 Å². The summed E-state index contributed by atoms with van der Waals surface area (Å²) in [4.78, 5) is 8.44. The molecule has 0 atom stereocenters. The molecular formula is C18H14ClN5. The molecule has 0 spiro atoms. The number of anilines is 4. The topological polar surface area (TPSA) is 73.6 Å². The summed E-state index contributed by atoms with van der Waals surface area (Å²) in [5.41, 5.74) is 3.43. The lowest BCUT2D eigenvalue weighted by molar-refractivity contribution is 1.16. The fourth-order valence-electron chi connectivity index (χ4n) is 2.18. The average molecular weight is 336 g/mol. The maximum absolute atomic E-state index is 8.83. The molecule has 24 heavy (non-hydrogen) atoms. The van der Waals surface area contributed by atoms with Gasteiger partial charge in [-0.1, -0.05) is 11.6 Å². The smallest absolute Gasteiger partial charge is 0.135 e. The number of benzene rings is 2. The van der Waals surface area contributed by atoms with Crippen LogP contribution >= 0.6 is 11.6 Å². The van der Waals surface area contributed by atoms with E-state index in [1.165, 1.54) is 6.33 Å². The molecule has 0 radical (unpaired) electrons. The Hall–Kier alpha value is -3.10. The molecule has 5 nitrogen and oxygen atoms in total. The molecule has 0 unspecified atom stereocenters. The first-order chi connectivity index (χ1) is 11.6. The highest BCUT2D eigenvalue weighted by Crippen LogP contribution is 2.24. The molecular weight excluding hydrogens is 322 g/mol. The zero-order chi connectivity index (χ0) is 16.9. The molecule has 6 heteroatoms. The van der Waals surface area contributed by atoms with Crippen LogP contribution in [0.25, 0.3) is 0 Å². The van der Waals surface area contributed by atoms with Gasteiger partial charge < -0.3 is 10.6 Å². The van der Waals surface area contributed by atoms with Crippen LogP contribution in [0.2, 0.25) is 5.02 Å². The normalized spacial score (nSPS) is 10.0. The molecule has 2 aromatic carbocycles. The highest BCUT2D eigenvalue weighted by atomic mass is 35.5. The Bertz CT molecular complexity index is 900. The summed E-state index contributed by atoms with van der Waals surface area (Å²) < 4.78 is 0. The van der Waals surface area contributed by atoms with Crippen LogP contribution in [0.5, 0.6) is 0 Å². The molecule has 0 aliphatic rings. The fraction of sp³-hybridized carbons (Fsp3) is 0.0556. The molecule has 2 N–H and O–H groups in total. The van der Waals surface area contributed by atoms with Crippen LogP contribution < -0.4 is 10.6 Å². The maximum atomic E-state index is 8.83. The van der Waals surface area contributed by atoms with Gasteiger partial charge in [0.2, 0.25) is 0 Å². The second-order valence-corrected chi connectivity index (χ2v) is 5.62. The highest BCUT2D eigenvalue weighted by Gasteiger charge is 2.03. The van der Waals surface area contributed by atoms with Crippen molar-refractivity contribution in [3.63, 3.8) is 0 Å². The van der Waals surface area contributed by atoms with Gasteiger partial charge in [0.1, 0.15) is 18.0 Å². The van der Waals surface area contributed by atoms with Gasteiger partial charge in [0.25, 0.3) is 0 Å². The van der Waals surface area contributed by atoms with Crippen molar-refractivity contribution in [3.05, 3.63) is 71.0 Å². The van der Waals surface area contributed by atoms with E-state index >= 15 is 0 Å². The van der Waals surface area contributed by atoms with Gasteiger partial charge in [-0.25, -0.2) is 9.97 Å². The quantitative estimate of drug-likeness (QED) is 0.716. The van der Waals surface area contributed by atoms with Crippen LogP contribution in [-0.2, 0) is 0 Å². The summed E-state index contributed by atoms with van der Waals surface area (Å²) >= 11 is 5.97. The lowest BCUT2D eigenvalue weighted by Gasteiger charge is -2.11. The molecule has 0 aliphatic heterocycles. The number of hydrogen-bond donors (Lipinski definition) is 2. The van der Waals surface area contributed by atoms with Gasteiger partial charge >= 0.3 is 0 Å². The van der Waals surface area contributed by atoms with Gasteiger partial charge in [-0.05, 0) is 55.0 Å². The lowest BCUT2D eigenvalue weighted by Crippen LogP contribution is -1.99. The van der Waals surface area contributed by atoms with E-state index in [1.54, 1.807) is 12.1 Å². The molecule has 1 heterocycles. The van der Waals surface area contributed by atoms with Crippen molar-refractivity contribution in [3.8, 4) is 6.07 Å². The Balaban J connectivity index is 1.77. The zero-order valence-corrected chi connectivity index (χ0v) is 13.7. The number of aromatic nitrogens is 2.